The van der Waals surface area contributed by atoms with Crippen LogP contribution in [0.4, 0.5) is 9.59 Å². The normalized spacial score (nSPS) is 15.6. The maximum Gasteiger partial charge on any atom is 0.424 e. The molecule has 0 aliphatic carbocycles. The van der Waals surface area contributed by atoms with Gasteiger partial charge in [-0.15, -0.1) is 0 Å². The first kappa shape index (κ1) is 19.1. The largest absolute Gasteiger partial charge is 0.445 e. The van der Waals surface area contributed by atoms with E-state index in [0.29, 0.717) is 25.9 Å². The number of carbonyl (C=O) groups excluding carboxylic acids is 2. The van der Waals surface area contributed by atoms with Crippen LogP contribution in [0.3, 0.4) is 0 Å². The van der Waals surface area contributed by atoms with E-state index >= 15 is 0 Å². The molecule has 1 aromatic carbocycles. The summed E-state index contributed by atoms with van der Waals surface area (Å²) < 4.78 is 10.6. The van der Waals surface area contributed by atoms with Gasteiger partial charge in [0.1, 0.15) is 12.2 Å². The first-order valence-electron chi connectivity index (χ1n) is 8.49. The van der Waals surface area contributed by atoms with E-state index in [0.717, 1.165) is 10.6 Å². The van der Waals surface area contributed by atoms with Gasteiger partial charge in [-0.2, -0.15) is 0 Å². The molecule has 0 saturated carbocycles. The van der Waals surface area contributed by atoms with Gasteiger partial charge in [0.15, 0.2) is 0 Å². The molecule has 1 fully saturated rings. The highest BCUT2D eigenvalue weighted by atomic mass is 16.6. The Hall–Kier alpha value is -2.28. The molecule has 0 unspecified atom stereocenters. The van der Waals surface area contributed by atoms with Crippen molar-refractivity contribution in [1.82, 2.24) is 9.91 Å². The zero-order valence-electron chi connectivity index (χ0n) is 15.1. The molecule has 7 heteroatoms. The Balaban J connectivity index is 1.76. The zero-order valence-corrected chi connectivity index (χ0v) is 15.1. The van der Waals surface area contributed by atoms with Crippen LogP contribution in [0, 0.1) is 0 Å². The van der Waals surface area contributed by atoms with E-state index in [9.17, 15) is 9.59 Å². The highest BCUT2D eigenvalue weighted by Crippen LogP contribution is 2.18. The number of rotatable bonds is 3. The molecule has 2 amide bonds. The molecule has 0 aromatic heterocycles. The van der Waals surface area contributed by atoms with Crippen LogP contribution in [-0.4, -0.2) is 46.8 Å². The second kappa shape index (κ2) is 8.20. The van der Waals surface area contributed by atoms with Crippen molar-refractivity contribution in [2.75, 3.05) is 13.1 Å². The lowest BCUT2D eigenvalue weighted by molar-refractivity contribution is 0.00740. The maximum atomic E-state index is 12.1. The third-order valence-electron chi connectivity index (χ3n) is 3.93. The number of ether oxygens (including phenoxy) is 2. The van der Waals surface area contributed by atoms with Gasteiger partial charge in [-0.1, -0.05) is 30.3 Å². The first-order chi connectivity index (χ1) is 11.8. The van der Waals surface area contributed by atoms with Gasteiger partial charge >= 0.3 is 12.2 Å². The molecule has 1 aromatic rings. The summed E-state index contributed by atoms with van der Waals surface area (Å²) in [6.45, 7) is 6.63. The lowest BCUT2D eigenvalue weighted by Gasteiger charge is -2.36. The number of benzene rings is 1. The zero-order chi connectivity index (χ0) is 18.4. The summed E-state index contributed by atoms with van der Waals surface area (Å²) in [5, 5.41) is 1.14. The van der Waals surface area contributed by atoms with Crippen molar-refractivity contribution in [1.29, 1.82) is 0 Å². The van der Waals surface area contributed by atoms with Gasteiger partial charge in [0, 0.05) is 13.1 Å². The third kappa shape index (κ3) is 5.94. The molecule has 1 heterocycles. The van der Waals surface area contributed by atoms with E-state index in [2.05, 4.69) is 0 Å². The second-order valence-electron chi connectivity index (χ2n) is 7.15. The van der Waals surface area contributed by atoms with Gasteiger partial charge in [0.05, 0.1) is 6.04 Å². The number of likely N-dealkylation sites (tertiary alicyclic amines) is 1. The van der Waals surface area contributed by atoms with Crippen molar-refractivity contribution in [3.05, 3.63) is 35.9 Å². The highest BCUT2D eigenvalue weighted by Gasteiger charge is 2.31. The Morgan fingerprint density at radius 3 is 2.36 bits per heavy atom. The molecule has 0 radical (unpaired) electrons. The Morgan fingerprint density at radius 1 is 1.20 bits per heavy atom. The molecule has 1 aliphatic heterocycles. The van der Waals surface area contributed by atoms with E-state index in [1.807, 2.05) is 30.3 Å². The smallest absolute Gasteiger partial charge is 0.424 e. The number of carbonyl (C=O) groups is 2. The van der Waals surface area contributed by atoms with Crippen LogP contribution in [0.15, 0.2) is 30.3 Å². The molecule has 0 spiro atoms. The Kier molecular flexibility index (Phi) is 6.25. The van der Waals surface area contributed by atoms with E-state index < -0.39 is 11.7 Å². The van der Waals surface area contributed by atoms with Gasteiger partial charge < -0.3 is 14.4 Å². The lowest BCUT2D eigenvalue weighted by Crippen LogP contribution is -2.53. The van der Waals surface area contributed by atoms with E-state index in [4.69, 9.17) is 15.3 Å². The summed E-state index contributed by atoms with van der Waals surface area (Å²) in [5.74, 6) is 5.88. The monoisotopic (exact) mass is 349 g/mol. The first-order valence-corrected chi connectivity index (χ1v) is 8.49. The molecule has 0 atom stereocenters. The van der Waals surface area contributed by atoms with Crippen molar-refractivity contribution in [2.45, 2.75) is 51.9 Å². The fraction of sp³-hybridized carbons (Fsp3) is 0.556. The molecule has 7 nitrogen and oxygen atoms in total. The summed E-state index contributed by atoms with van der Waals surface area (Å²) in [4.78, 5) is 25.8. The molecule has 2 rings (SSSR count). The van der Waals surface area contributed by atoms with Crippen molar-refractivity contribution in [3.63, 3.8) is 0 Å². The number of amides is 2. The summed E-state index contributed by atoms with van der Waals surface area (Å²) in [6.07, 6.45) is 0.299. The Bertz CT molecular complexity index is 578. The molecule has 1 saturated heterocycles. The molecule has 1 aliphatic rings. The molecule has 2 N–H and O–H groups in total. The summed E-state index contributed by atoms with van der Waals surface area (Å²) in [6, 6.07) is 9.40. The van der Waals surface area contributed by atoms with Crippen LogP contribution < -0.4 is 5.84 Å². The van der Waals surface area contributed by atoms with Crippen LogP contribution in [0.25, 0.3) is 0 Å². The Morgan fingerprint density at radius 2 is 1.80 bits per heavy atom. The van der Waals surface area contributed by atoms with Gasteiger partial charge in [-0.05, 0) is 39.2 Å². The van der Waals surface area contributed by atoms with E-state index in [1.54, 1.807) is 25.7 Å². The number of hydrogen-bond acceptors (Lipinski definition) is 5. The average Bonchev–Trinajstić information content (AvgIpc) is 2.58. The standard InChI is InChI=1S/C18H27N3O4/c1-18(2,3)25-17(23)21(19)15-9-11-20(12-10-15)16(22)24-13-14-7-5-4-6-8-14/h4-8,15H,9-13,19H2,1-3H3. The number of piperidine rings is 1. The van der Waals surface area contributed by atoms with Crippen LogP contribution in [0.1, 0.15) is 39.2 Å². The summed E-state index contributed by atoms with van der Waals surface area (Å²) >= 11 is 0. The van der Waals surface area contributed by atoms with Crippen LogP contribution in [-0.2, 0) is 16.1 Å². The maximum absolute atomic E-state index is 12.1. The number of hydrazine groups is 1. The minimum Gasteiger partial charge on any atom is -0.445 e. The van der Waals surface area contributed by atoms with Gasteiger partial charge in [-0.3, -0.25) is 0 Å². The fourth-order valence-electron chi connectivity index (χ4n) is 2.60. The SMILES string of the molecule is CC(C)(C)OC(=O)N(N)C1CCN(C(=O)OCc2ccccc2)CC1. The number of nitrogens with two attached hydrogens (primary N) is 1. The Labute approximate surface area is 148 Å². The average molecular weight is 349 g/mol. The fourth-order valence-corrected chi connectivity index (χ4v) is 2.60. The van der Waals surface area contributed by atoms with Crippen molar-refractivity contribution >= 4 is 12.2 Å². The van der Waals surface area contributed by atoms with Crippen molar-refractivity contribution < 1.29 is 19.1 Å². The molecule has 0 bridgehead atoms. The van der Waals surface area contributed by atoms with E-state index in [-0.39, 0.29) is 18.7 Å². The third-order valence-corrected chi connectivity index (χ3v) is 3.93. The summed E-state index contributed by atoms with van der Waals surface area (Å²) in [7, 11) is 0. The van der Waals surface area contributed by atoms with Gasteiger partial charge in [-0.25, -0.2) is 20.4 Å². The van der Waals surface area contributed by atoms with Crippen LogP contribution in [0.5, 0.6) is 0 Å². The summed E-state index contributed by atoms with van der Waals surface area (Å²) in [5.41, 5.74) is 0.361. The van der Waals surface area contributed by atoms with Crippen LogP contribution in [0.2, 0.25) is 0 Å². The number of hydrogen-bond donors (Lipinski definition) is 1. The van der Waals surface area contributed by atoms with Crippen LogP contribution >= 0.6 is 0 Å². The quantitative estimate of drug-likeness (QED) is 0.515. The predicted molar refractivity (Wildman–Crippen MR) is 93.5 cm³/mol. The number of nitrogens with zero attached hydrogens (tertiary/aromatic N) is 2. The molecular formula is C18H27N3O4. The van der Waals surface area contributed by atoms with E-state index in [1.165, 1.54) is 0 Å². The highest BCUT2D eigenvalue weighted by molar-refractivity contribution is 5.69. The lowest BCUT2D eigenvalue weighted by atomic mass is 10.1. The molecular weight excluding hydrogens is 322 g/mol. The molecule has 138 valence electrons. The second-order valence-corrected chi connectivity index (χ2v) is 7.15. The predicted octanol–water partition coefficient (Wildman–Crippen LogP) is 2.90. The van der Waals surface area contributed by atoms with Crippen molar-refractivity contribution in [3.8, 4) is 0 Å². The molecule has 25 heavy (non-hydrogen) atoms. The minimum absolute atomic E-state index is 0.145. The van der Waals surface area contributed by atoms with Crippen molar-refractivity contribution in [2.24, 2.45) is 5.84 Å². The topological polar surface area (TPSA) is 85.1 Å². The van der Waals surface area contributed by atoms with Gasteiger partial charge in [0.25, 0.3) is 0 Å². The minimum atomic E-state index is -0.587. The van der Waals surface area contributed by atoms with Gasteiger partial charge in [0.2, 0.25) is 0 Å².